The molecule has 3 rings (SSSR count). The van der Waals surface area contributed by atoms with Gasteiger partial charge in [0.2, 0.25) is 11.9 Å². The number of anilines is 4. The molecule has 0 saturated heterocycles. The minimum absolute atomic E-state index is 0.103. The third-order valence-electron chi connectivity index (χ3n) is 3.65. The number of aromatic nitrogens is 2. The molecule has 0 spiro atoms. The Hall–Kier alpha value is -3.41. The highest BCUT2D eigenvalue weighted by molar-refractivity contribution is 5.89. The van der Waals surface area contributed by atoms with Crippen LogP contribution in [-0.4, -0.2) is 22.4 Å². The first kappa shape index (κ1) is 17.4. The minimum Gasteiger partial charge on any atom is -0.354 e. The van der Waals surface area contributed by atoms with Crippen molar-refractivity contribution >= 4 is 29.0 Å². The maximum atomic E-state index is 11.2. The fourth-order valence-corrected chi connectivity index (χ4v) is 2.50. The Morgan fingerprint density at radius 1 is 1.00 bits per heavy atom. The van der Waals surface area contributed by atoms with E-state index < -0.39 is 0 Å². The van der Waals surface area contributed by atoms with E-state index in [2.05, 4.69) is 38.1 Å². The summed E-state index contributed by atoms with van der Waals surface area (Å²) in [6.07, 6.45) is 2.61. The zero-order valence-electron chi connectivity index (χ0n) is 14.6. The van der Waals surface area contributed by atoms with Crippen LogP contribution in [0.15, 0.2) is 66.9 Å². The van der Waals surface area contributed by atoms with E-state index in [1.165, 1.54) is 12.5 Å². The van der Waals surface area contributed by atoms with E-state index in [-0.39, 0.29) is 5.91 Å². The van der Waals surface area contributed by atoms with Crippen LogP contribution in [0.1, 0.15) is 12.5 Å². The van der Waals surface area contributed by atoms with Crippen LogP contribution < -0.4 is 16.0 Å². The molecule has 0 unspecified atom stereocenters. The summed E-state index contributed by atoms with van der Waals surface area (Å²) < 4.78 is 0. The normalized spacial score (nSPS) is 10.2. The van der Waals surface area contributed by atoms with Gasteiger partial charge in [-0.3, -0.25) is 4.79 Å². The lowest BCUT2D eigenvalue weighted by Crippen LogP contribution is -2.09. The van der Waals surface area contributed by atoms with Crippen molar-refractivity contribution in [3.05, 3.63) is 72.4 Å². The van der Waals surface area contributed by atoms with Crippen LogP contribution in [0.2, 0.25) is 0 Å². The molecule has 0 atom stereocenters. The lowest BCUT2D eigenvalue weighted by Gasteiger charge is -2.10. The molecule has 0 bridgehead atoms. The summed E-state index contributed by atoms with van der Waals surface area (Å²) in [5.74, 6) is 1.15. The third kappa shape index (κ3) is 5.31. The number of amides is 1. The number of nitrogens with zero attached hydrogens (tertiary/aromatic N) is 2. The first-order valence-corrected chi connectivity index (χ1v) is 8.44. The molecule has 132 valence electrons. The molecule has 1 amide bonds. The molecule has 0 aliphatic carbocycles. The van der Waals surface area contributed by atoms with E-state index >= 15 is 0 Å². The highest BCUT2D eigenvalue weighted by Crippen LogP contribution is 2.19. The van der Waals surface area contributed by atoms with Crippen molar-refractivity contribution in [1.29, 1.82) is 0 Å². The van der Waals surface area contributed by atoms with Crippen molar-refractivity contribution in [2.45, 2.75) is 13.3 Å². The predicted molar refractivity (Wildman–Crippen MR) is 105 cm³/mol. The largest absolute Gasteiger partial charge is 0.354 e. The molecule has 6 nitrogen and oxygen atoms in total. The second-order valence-electron chi connectivity index (χ2n) is 5.81. The van der Waals surface area contributed by atoms with Gasteiger partial charge in [0.05, 0.1) is 0 Å². The SMILES string of the molecule is CC(=O)Nc1cccc(Nc2ccnc(NCCc3ccccc3)n2)c1. The highest BCUT2D eigenvalue weighted by atomic mass is 16.1. The van der Waals surface area contributed by atoms with Crippen LogP contribution in [-0.2, 0) is 11.2 Å². The zero-order valence-corrected chi connectivity index (χ0v) is 14.6. The Morgan fingerprint density at radius 3 is 2.62 bits per heavy atom. The van der Waals surface area contributed by atoms with E-state index in [1.54, 1.807) is 12.3 Å². The Labute approximate surface area is 152 Å². The van der Waals surface area contributed by atoms with E-state index in [0.29, 0.717) is 11.8 Å². The average molecular weight is 347 g/mol. The van der Waals surface area contributed by atoms with Crippen LogP contribution >= 0.6 is 0 Å². The van der Waals surface area contributed by atoms with Gasteiger partial charge < -0.3 is 16.0 Å². The van der Waals surface area contributed by atoms with E-state index in [1.807, 2.05) is 42.5 Å². The molecule has 2 aromatic carbocycles. The molecule has 1 heterocycles. The van der Waals surface area contributed by atoms with Gasteiger partial charge in [-0.2, -0.15) is 4.98 Å². The van der Waals surface area contributed by atoms with Crippen molar-refractivity contribution in [2.24, 2.45) is 0 Å². The highest BCUT2D eigenvalue weighted by Gasteiger charge is 2.02. The molecule has 1 aromatic heterocycles. The molecule has 0 saturated carbocycles. The van der Waals surface area contributed by atoms with Crippen LogP contribution in [0.25, 0.3) is 0 Å². The van der Waals surface area contributed by atoms with Gasteiger partial charge in [-0.25, -0.2) is 4.98 Å². The fourth-order valence-electron chi connectivity index (χ4n) is 2.50. The van der Waals surface area contributed by atoms with E-state index in [9.17, 15) is 4.79 Å². The number of carbonyl (C=O) groups is 1. The summed E-state index contributed by atoms with van der Waals surface area (Å²) in [5, 5.41) is 9.22. The topological polar surface area (TPSA) is 78.9 Å². The molecule has 26 heavy (non-hydrogen) atoms. The van der Waals surface area contributed by atoms with Crippen molar-refractivity contribution in [3.63, 3.8) is 0 Å². The summed E-state index contributed by atoms with van der Waals surface area (Å²) in [6.45, 7) is 2.24. The molecule has 0 radical (unpaired) electrons. The quantitative estimate of drug-likeness (QED) is 0.605. The average Bonchev–Trinajstić information content (AvgIpc) is 2.63. The van der Waals surface area contributed by atoms with Crippen molar-refractivity contribution in [3.8, 4) is 0 Å². The lowest BCUT2D eigenvalue weighted by molar-refractivity contribution is -0.114. The standard InChI is InChI=1S/C20H21N5O/c1-15(26)23-17-8-5-9-18(14-17)24-19-11-13-22-20(25-19)21-12-10-16-6-3-2-4-7-16/h2-9,11,13-14H,10,12H2,1H3,(H,23,26)(H2,21,22,24,25). The first-order valence-electron chi connectivity index (χ1n) is 8.44. The van der Waals surface area contributed by atoms with E-state index in [4.69, 9.17) is 0 Å². The van der Waals surface area contributed by atoms with Crippen LogP contribution in [0.3, 0.4) is 0 Å². The Bertz CT molecular complexity index is 867. The van der Waals surface area contributed by atoms with Gasteiger partial charge in [-0.15, -0.1) is 0 Å². The molecule has 0 aliphatic heterocycles. The summed E-state index contributed by atoms with van der Waals surface area (Å²) in [7, 11) is 0. The van der Waals surface area contributed by atoms with Gasteiger partial charge in [0, 0.05) is 31.0 Å². The predicted octanol–water partition coefficient (Wildman–Crippen LogP) is 3.83. The van der Waals surface area contributed by atoms with Crippen molar-refractivity contribution in [2.75, 3.05) is 22.5 Å². The Balaban J connectivity index is 1.59. The Morgan fingerprint density at radius 2 is 1.81 bits per heavy atom. The van der Waals surface area contributed by atoms with Crippen LogP contribution in [0.5, 0.6) is 0 Å². The third-order valence-corrected chi connectivity index (χ3v) is 3.65. The lowest BCUT2D eigenvalue weighted by atomic mass is 10.1. The molecule has 3 aromatic rings. The second kappa shape index (κ2) is 8.62. The smallest absolute Gasteiger partial charge is 0.224 e. The van der Waals surface area contributed by atoms with E-state index in [0.717, 1.165) is 24.3 Å². The number of carbonyl (C=O) groups excluding carboxylic acids is 1. The summed E-state index contributed by atoms with van der Waals surface area (Å²) in [6, 6.07) is 19.5. The molecular weight excluding hydrogens is 326 g/mol. The molecule has 0 fully saturated rings. The summed E-state index contributed by atoms with van der Waals surface area (Å²) in [5.41, 5.74) is 2.84. The zero-order chi connectivity index (χ0) is 18.2. The van der Waals surface area contributed by atoms with Gasteiger partial charge in [-0.1, -0.05) is 36.4 Å². The molecule has 6 heteroatoms. The van der Waals surface area contributed by atoms with Gasteiger partial charge in [0.25, 0.3) is 0 Å². The first-order chi connectivity index (χ1) is 12.7. The summed E-state index contributed by atoms with van der Waals surface area (Å²) in [4.78, 5) is 19.9. The molecular formula is C20H21N5O. The van der Waals surface area contributed by atoms with Gasteiger partial charge in [0.15, 0.2) is 0 Å². The molecule has 0 aliphatic rings. The Kier molecular flexibility index (Phi) is 5.77. The fraction of sp³-hybridized carbons (Fsp3) is 0.150. The second-order valence-corrected chi connectivity index (χ2v) is 5.81. The number of nitrogens with one attached hydrogen (secondary N) is 3. The minimum atomic E-state index is -0.103. The maximum absolute atomic E-state index is 11.2. The molecule has 3 N–H and O–H groups in total. The summed E-state index contributed by atoms with van der Waals surface area (Å²) >= 11 is 0. The monoisotopic (exact) mass is 347 g/mol. The van der Waals surface area contributed by atoms with Crippen molar-refractivity contribution < 1.29 is 4.79 Å². The van der Waals surface area contributed by atoms with Crippen LogP contribution in [0.4, 0.5) is 23.1 Å². The van der Waals surface area contributed by atoms with Gasteiger partial charge in [0.1, 0.15) is 5.82 Å². The van der Waals surface area contributed by atoms with Crippen LogP contribution in [0, 0.1) is 0 Å². The maximum Gasteiger partial charge on any atom is 0.224 e. The van der Waals surface area contributed by atoms with Gasteiger partial charge >= 0.3 is 0 Å². The van der Waals surface area contributed by atoms with Gasteiger partial charge in [-0.05, 0) is 36.2 Å². The number of rotatable bonds is 7. The number of hydrogen-bond donors (Lipinski definition) is 3. The number of benzene rings is 2. The van der Waals surface area contributed by atoms with Crippen molar-refractivity contribution in [1.82, 2.24) is 9.97 Å². The number of hydrogen-bond acceptors (Lipinski definition) is 5.